The van der Waals surface area contributed by atoms with Crippen molar-refractivity contribution in [2.75, 3.05) is 33.4 Å². The molecule has 0 saturated carbocycles. The van der Waals surface area contributed by atoms with Crippen molar-refractivity contribution in [1.29, 1.82) is 0 Å². The molecule has 0 radical (unpaired) electrons. The first-order valence-corrected chi connectivity index (χ1v) is 8.05. The molecule has 0 aromatic heterocycles. The molecule has 0 fully saturated rings. The Balaban J connectivity index is 1.94. The average molecular weight is 328 g/mol. The molecule has 0 aliphatic carbocycles. The summed E-state index contributed by atoms with van der Waals surface area (Å²) in [6.45, 7) is 2.62. The van der Waals surface area contributed by atoms with E-state index in [2.05, 4.69) is 10.6 Å². The molecule has 1 amide bonds. The van der Waals surface area contributed by atoms with E-state index < -0.39 is 6.10 Å². The largest absolute Gasteiger partial charge is 0.476 e. The van der Waals surface area contributed by atoms with E-state index in [1.165, 1.54) is 0 Å². The summed E-state index contributed by atoms with van der Waals surface area (Å²) in [7, 11) is 1.66. The second-order valence-electron chi connectivity index (χ2n) is 5.26. The van der Waals surface area contributed by atoms with Gasteiger partial charge in [0, 0.05) is 32.3 Å². The Bertz CT molecular complexity index is 590. The smallest absolute Gasteiger partial charge is 0.265 e. The molecule has 24 heavy (non-hydrogen) atoms. The van der Waals surface area contributed by atoms with E-state index in [0.29, 0.717) is 25.4 Å². The minimum absolute atomic E-state index is 0.154. The van der Waals surface area contributed by atoms with E-state index >= 15 is 0 Å². The van der Waals surface area contributed by atoms with Gasteiger partial charge in [-0.05, 0) is 12.1 Å². The van der Waals surface area contributed by atoms with E-state index in [1.54, 1.807) is 7.11 Å². The van der Waals surface area contributed by atoms with Crippen molar-refractivity contribution >= 4 is 5.91 Å². The summed E-state index contributed by atoms with van der Waals surface area (Å²) in [4.78, 5) is 12.5. The first kappa shape index (κ1) is 18.0. The highest BCUT2D eigenvalue weighted by atomic mass is 16.5. The molecule has 128 valence electrons. The average Bonchev–Trinajstić information content (AvgIpc) is 2.64. The second-order valence-corrected chi connectivity index (χ2v) is 5.26. The van der Waals surface area contributed by atoms with Crippen molar-refractivity contribution in [2.45, 2.75) is 6.10 Å². The minimum atomic E-state index is -0.674. The number of benzene rings is 2. The standard InChI is InChI=1S/C19H24N2O3/c1-23-15-14-20-12-13-21-19(22)18(16-8-4-2-5-9-16)24-17-10-6-3-7-11-17/h2-11,18,20H,12-15H2,1H3,(H,21,22). The van der Waals surface area contributed by atoms with Gasteiger partial charge < -0.3 is 20.1 Å². The summed E-state index contributed by atoms with van der Waals surface area (Å²) in [6.07, 6.45) is -0.674. The topological polar surface area (TPSA) is 59.6 Å². The molecule has 0 heterocycles. The fraction of sp³-hybridized carbons (Fsp3) is 0.316. The first-order chi connectivity index (χ1) is 11.8. The van der Waals surface area contributed by atoms with Crippen LogP contribution in [0.2, 0.25) is 0 Å². The Morgan fingerprint density at radius 2 is 1.62 bits per heavy atom. The summed E-state index contributed by atoms with van der Waals surface area (Å²) in [5.74, 6) is 0.512. The number of amides is 1. The highest BCUT2D eigenvalue weighted by molar-refractivity contribution is 5.82. The maximum atomic E-state index is 12.5. The number of hydrogen-bond acceptors (Lipinski definition) is 4. The van der Waals surface area contributed by atoms with Crippen molar-refractivity contribution < 1.29 is 14.3 Å². The third-order valence-electron chi connectivity index (χ3n) is 3.42. The Kier molecular flexibility index (Phi) is 7.80. The Morgan fingerprint density at radius 3 is 2.29 bits per heavy atom. The van der Waals surface area contributed by atoms with Crippen LogP contribution in [-0.2, 0) is 9.53 Å². The maximum absolute atomic E-state index is 12.5. The first-order valence-electron chi connectivity index (χ1n) is 8.05. The van der Waals surface area contributed by atoms with Gasteiger partial charge in [0.25, 0.3) is 5.91 Å². The third kappa shape index (κ3) is 6.02. The van der Waals surface area contributed by atoms with Gasteiger partial charge in [-0.1, -0.05) is 48.5 Å². The Morgan fingerprint density at radius 1 is 0.958 bits per heavy atom. The van der Waals surface area contributed by atoms with Crippen molar-refractivity contribution in [3.8, 4) is 5.75 Å². The number of methoxy groups -OCH3 is 1. The van der Waals surface area contributed by atoms with Gasteiger partial charge in [0.2, 0.25) is 6.10 Å². The molecule has 0 aliphatic rings. The van der Waals surface area contributed by atoms with E-state index in [1.807, 2.05) is 60.7 Å². The van der Waals surface area contributed by atoms with E-state index in [-0.39, 0.29) is 5.91 Å². The molecule has 2 rings (SSSR count). The van der Waals surface area contributed by atoms with Gasteiger partial charge in [-0.15, -0.1) is 0 Å². The van der Waals surface area contributed by atoms with E-state index in [0.717, 1.165) is 12.1 Å². The van der Waals surface area contributed by atoms with Gasteiger partial charge in [0.1, 0.15) is 5.75 Å². The maximum Gasteiger partial charge on any atom is 0.265 e. The molecular formula is C19H24N2O3. The van der Waals surface area contributed by atoms with Crippen LogP contribution in [0.3, 0.4) is 0 Å². The van der Waals surface area contributed by atoms with Gasteiger partial charge in [-0.3, -0.25) is 4.79 Å². The lowest BCUT2D eigenvalue weighted by Crippen LogP contribution is -2.37. The van der Waals surface area contributed by atoms with Crippen molar-refractivity contribution in [3.63, 3.8) is 0 Å². The van der Waals surface area contributed by atoms with E-state index in [4.69, 9.17) is 9.47 Å². The lowest BCUT2D eigenvalue weighted by molar-refractivity contribution is -0.128. The number of nitrogens with one attached hydrogen (secondary N) is 2. The van der Waals surface area contributed by atoms with Crippen LogP contribution >= 0.6 is 0 Å². The number of hydrogen-bond donors (Lipinski definition) is 2. The molecule has 0 saturated heterocycles. The molecule has 2 aromatic rings. The number of para-hydroxylation sites is 1. The van der Waals surface area contributed by atoms with Gasteiger partial charge in [0.15, 0.2) is 0 Å². The molecule has 1 unspecified atom stereocenters. The fourth-order valence-corrected chi connectivity index (χ4v) is 2.20. The molecule has 0 bridgehead atoms. The molecule has 2 N–H and O–H groups in total. The molecule has 1 atom stereocenters. The molecule has 0 spiro atoms. The van der Waals surface area contributed by atoms with Crippen molar-refractivity contribution in [2.24, 2.45) is 0 Å². The summed E-state index contributed by atoms with van der Waals surface area (Å²) in [5, 5.41) is 6.10. The number of ether oxygens (including phenoxy) is 2. The fourth-order valence-electron chi connectivity index (χ4n) is 2.20. The molecule has 5 heteroatoms. The van der Waals surface area contributed by atoms with Crippen molar-refractivity contribution in [1.82, 2.24) is 10.6 Å². The monoisotopic (exact) mass is 328 g/mol. The molecule has 5 nitrogen and oxygen atoms in total. The van der Waals surface area contributed by atoms with Gasteiger partial charge in [-0.25, -0.2) is 0 Å². The van der Waals surface area contributed by atoms with Crippen LogP contribution in [0, 0.1) is 0 Å². The van der Waals surface area contributed by atoms with Crippen LogP contribution < -0.4 is 15.4 Å². The summed E-state index contributed by atoms with van der Waals surface area (Å²) in [6, 6.07) is 18.9. The highest BCUT2D eigenvalue weighted by Gasteiger charge is 2.22. The summed E-state index contributed by atoms with van der Waals surface area (Å²) >= 11 is 0. The normalized spacial score (nSPS) is 11.7. The SMILES string of the molecule is COCCNCCNC(=O)C(Oc1ccccc1)c1ccccc1. The predicted molar refractivity (Wildman–Crippen MR) is 94.0 cm³/mol. The van der Waals surface area contributed by atoms with Gasteiger partial charge >= 0.3 is 0 Å². The lowest BCUT2D eigenvalue weighted by atomic mass is 10.1. The Labute approximate surface area is 143 Å². The van der Waals surface area contributed by atoms with Crippen LogP contribution in [0.25, 0.3) is 0 Å². The Hall–Kier alpha value is -2.37. The quantitative estimate of drug-likeness (QED) is 0.656. The van der Waals surface area contributed by atoms with Crippen LogP contribution in [0.4, 0.5) is 0 Å². The lowest BCUT2D eigenvalue weighted by Gasteiger charge is -2.19. The third-order valence-corrected chi connectivity index (χ3v) is 3.42. The predicted octanol–water partition coefficient (Wildman–Crippen LogP) is 2.16. The number of carbonyl (C=O) groups excluding carboxylic acids is 1. The highest BCUT2D eigenvalue weighted by Crippen LogP contribution is 2.21. The molecule has 0 aliphatic heterocycles. The van der Waals surface area contributed by atoms with Crippen LogP contribution in [0.1, 0.15) is 11.7 Å². The van der Waals surface area contributed by atoms with Gasteiger partial charge in [-0.2, -0.15) is 0 Å². The molecule has 2 aromatic carbocycles. The minimum Gasteiger partial charge on any atom is -0.476 e. The zero-order valence-corrected chi connectivity index (χ0v) is 13.9. The zero-order chi connectivity index (χ0) is 17.0. The zero-order valence-electron chi connectivity index (χ0n) is 13.9. The summed E-state index contributed by atoms with van der Waals surface area (Å²) < 4.78 is 10.9. The van der Waals surface area contributed by atoms with Crippen molar-refractivity contribution in [3.05, 3.63) is 66.2 Å². The van der Waals surface area contributed by atoms with Crippen LogP contribution in [0.15, 0.2) is 60.7 Å². The molecular weight excluding hydrogens is 304 g/mol. The van der Waals surface area contributed by atoms with Crippen LogP contribution in [-0.4, -0.2) is 39.3 Å². The summed E-state index contributed by atoms with van der Waals surface area (Å²) in [5.41, 5.74) is 0.825. The van der Waals surface area contributed by atoms with Gasteiger partial charge in [0.05, 0.1) is 6.61 Å². The van der Waals surface area contributed by atoms with E-state index in [9.17, 15) is 4.79 Å². The number of rotatable bonds is 10. The second kappa shape index (κ2) is 10.4. The van der Waals surface area contributed by atoms with Crippen LogP contribution in [0.5, 0.6) is 5.75 Å². The number of carbonyl (C=O) groups is 1.